The molecule has 0 spiro atoms. The van der Waals surface area contributed by atoms with Crippen LogP contribution in [0, 0.1) is 10.1 Å². The average Bonchev–Trinajstić information content (AvgIpc) is 2.79. The molecule has 0 saturated heterocycles. The Morgan fingerprint density at radius 2 is 1.77 bits per heavy atom. The maximum absolute atomic E-state index is 12.2. The molecular weight excluding hydrogens is 394 g/mol. The molecule has 7 nitrogen and oxygen atoms in total. The normalized spacial score (nSPS) is 19.9. The number of carbonyl (C=O) groups excluding carboxylic acids is 1. The second-order valence-corrected chi connectivity index (χ2v) is 7.74. The zero-order valence-electron chi connectivity index (χ0n) is 17.3. The summed E-state index contributed by atoms with van der Waals surface area (Å²) in [4.78, 5) is 24.5. The number of hydrogen-bond donors (Lipinski definition) is 1. The van der Waals surface area contributed by atoms with Crippen LogP contribution >= 0.6 is 0 Å². The van der Waals surface area contributed by atoms with Gasteiger partial charge in [0.2, 0.25) is 6.41 Å². The summed E-state index contributed by atoms with van der Waals surface area (Å²) < 4.78 is 5.28. The van der Waals surface area contributed by atoms with Gasteiger partial charge in [-0.15, -0.1) is 0 Å². The fraction of sp³-hybridized carbons (Fsp3) is 0.208. The van der Waals surface area contributed by atoms with Crippen LogP contribution in [0.1, 0.15) is 30.5 Å². The van der Waals surface area contributed by atoms with Crippen molar-refractivity contribution in [3.8, 4) is 5.75 Å². The topological polar surface area (TPSA) is 84.7 Å². The summed E-state index contributed by atoms with van der Waals surface area (Å²) in [5, 5.41) is 14.5. The molecular formula is C24H23N3O4. The van der Waals surface area contributed by atoms with Gasteiger partial charge in [-0.25, -0.2) is 0 Å². The molecule has 0 radical (unpaired) electrons. The van der Waals surface area contributed by atoms with Crippen molar-refractivity contribution in [1.29, 1.82) is 0 Å². The summed E-state index contributed by atoms with van der Waals surface area (Å²) in [5.41, 5.74) is 3.05. The lowest BCUT2D eigenvalue weighted by Crippen LogP contribution is -2.48. The Morgan fingerprint density at radius 1 is 1.10 bits per heavy atom. The highest BCUT2D eigenvalue weighted by molar-refractivity contribution is 5.82. The quantitative estimate of drug-likeness (QED) is 0.345. The molecule has 1 amide bonds. The van der Waals surface area contributed by atoms with Gasteiger partial charge in [0.25, 0.3) is 5.69 Å². The number of non-ortho nitro benzene ring substituents is 1. The molecule has 7 heteroatoms. The molecule has 0 saturated carbocycles. The van der Waals surface area contributed by atoms with Crippen molar-refractivity contribution in [3.63, 3.8) is 0 Å². The molecule has 0 fully saturated rings. The molecule has 2 atom stereocenters. The van der Waals surface area contributed by atoms with Gasteiger partial charge in [0.15, 0.2) is 0 Å². The number of para-hydroxylation sites is 1. The lowest BCUT2D eigenvalue weighted by atomic mass is 9.77. The maximum Gasteiger partial charge on any atom is 0.269 e. The first-order valence-electron chi connectivity index (χ1n) is 9.95. The van der Waals surface area contributed by atoms with Crippen molar-refractivity contribution in [3.05, 3.63) is 94.0 Å². The molecule has 0 aliphatic carbocycles. The molecule has 0 aromatic heterocycles. The van der Waals surface area contributed by atoms with E-state index in [1.54, 1.807) is 24.1 Å². The van der Waals surface area contributed by atoms with Gasteiger partial charge in [0, 0.05) is 23.5 Å². The standard InChI is InChI=1S/C24H23N3O4/c1-24(17-7-13-20(31-2)14-8-17)15-22(21-5-3-4-6-23(21)26(24)16-28)25-18-9-11-19(12-10-18)27(29)30/h3-14,16,22,25H,15H2,1-2H3/t22-,24+/m1/s1. The number of nitrogens with one attached hydrogen (secondary N) is 1. The highest BCUT2D eigenvalue weighted by Gasteiger charge is 2.42. The monoisotopic (exact) mass is 417 g/mol. The highest BCUT2D eigenvalue weighted by Crippen LogP contribution is 2.48. The van der Waals surface area contributed by atoms with Gasteiger partial charge in [0.05, 0.1) is 23.6 Å². The average molecular weight is 417 g/mol. The van der Waals surface area contributed by atoms with E-state index in [0.717, 1.165) is 34.7 Å². The second kappa shape index (κ2) is 8.10. The molecule has 3 aromatic rings. The molecule has 158 valence electrons. The fourth-order valence-electron chi connectivity index (χ4n) is 4.26. The van der Waals surface area contributed by atoms with Crippen molar-refractivity contribution in [2.45, 2.75) is 24.9 Å². The predicted molar refractivity (Wildman–Crippen MR) is 119 cm³/mol. The van der Waals surface area contributed by atoms with Gasteiger partial charge in [-0.05, 0) is 54.8 Å². The van der Waals surface area contributed by atoms with Crippen molar-refractivity contribution in [2.75, 3.05) is 17.3 Å². The second-order valence-electron chi connectivity index (χ2n) is 7.74. The van der Waals surface area contributed by atoms with Gasteiger partial charge >= 0.3 is 0 Å². The molecule has 0 bridgehead atoms. The number of nitro benzene ring substituents is 1. The van der Waals surface area contributed by atoms with E-state index in [2.05, 4.69) is 5.32 Å². The van der Waals surface area contributed by atoms with Crippen LogP contribution in [0.3, 0.4) is 0 Å². The molecule has 0 unspecified atom stereocenters. The van der Waals surface area contributed by atoms with Gasteiger partial charge in [0.1, 0.15) is 5.75 Å². The first kappa shape index (κ1) is 20.4. The Morgan fingerprint density at radius 3 is 2.39 bits per heavy atom. The van der Waals surface area contributed by atoms with Gasteiger partial charge in [-0.2, -0.15) is 0 Å². The minimum absolute atomic E-state index is 0.0461. The smallest absolute Gasteiger partial charge is 0.269 e. The minimum atomic E-state index is -0.596. The number of methoxy groups -OCH3 is 1. The van der Waals surface area contributed by atoms with E-state index in [1.807, 2.05) is 55.5 Å². The Labute approximate surface area is 180 Å². The number of ether oxygens (including phenoxy) is 1. The van der Waals surface area contributed by atoms with E-state index in [4.69, 9.17) is 4.74 Å². The van der Waals surface area contributed by atoms with Gasteiger partial charge < -0.3 is 15.0 Å². The molecule has 1 heterocycles. The van der Waals surface area contributed by atoms with E-state index in [9.17, 15) is 14.9 Å². The summed E-state index contributed by atoms with van der Waals surface area (Å²) in [6, 6.07) is 21.8. The zero-order chi connectivity index (χ0) is 22.0. The summed E-state index contributed by atoms with van der Waals surface area (Å²) >= 11 is 0. The molecule has 3 aromatic carbocycles. The largest absolute Gasteiger partial charge is 0.497 e. The number of fused-ring (bicyclic) bond motifs is 1. The van der Waals surface area contributed by atoms with E-state index in [0.29, 0.717) is 6.42 Å². The number of amides is 1. The molecule has 31 heavy (non-hydrogen) atoms. The van der Waals surface area contributed by atoms with E-state index >= 15 is 0 Å². The third kappa shape index (κ3) is 3.70. The van der Waals surface area contributed by atoms with Crippen LogP contribution < -0.4 is 15.0 Å². The third-order valence-electron chi connectivity index (χ3n) is 5.94. The van der Waals surface area contributed by atoms with Crippen LogP contribution in [0.25, 0.3) is 0 Å². The summed E-state index contributed by atoms with van der Waals surface area (Å²) in [6.45, 7) is 2.05. The van der Waals surface area contributed by atoms with Crippen LogP contribution in [0.2, 0.25) is 0 Å². The third-order valence-corrected chi connectivity index (χ3v) is 5.94. The summed E-state index contributed by atoms with van der Waals surface area (Å²) in [5.74, 6) is 0.752. The lowest BCUT2D eigenvalue weighted by Gasteiger charge is -2.47. The number of anilines is 2. The van der Waals surface area contributed by atoms with Crippen LogP contribution in [-0.4, -0.2) is 18.4 Å². The van der Waals surface area contributed by atoms with Crippen LogP contribution in [0.5, 0.6) is 5.75 Å². The van der Waals surface area contributed by atoms with E-state index in [1.165, 1.54) is 12.1 Å². The van der Waals surface area contributed by atoms with E-state index in [-0.39, 0.29) is 11.7 Å². The number of benzene rings is 3. The number of nitro groups is 1. The first-order valence-corrected chi connectivity index (χ1v) is 9.95. The van der Waals surface area contributed by atoms with Gasteiger partial charge in [-0.1, -0.05) is 30.3 Å². The Hall–Kier alpha value is -3.87. The Balaban J connectivity index is 1.74. The number of nitrogens with zero attached hydrogens (tertiary/aromatic N) is 2. The van der Waals surface area contributed by atoms with Gasteiger partial charge in [-0.3, -0.25) is 14.9 Å². The lowest BCUT2D eigenvalue weighted by molar-refractivity contribution is -0.384. The van der Waals surface area contributed by atoms with Crippen molar-refractivity contribution < 1.29 is 14.5 Å². The van der Waals surface area contributed by atoms with Crippen LogP contribution in [0.15, 0.2) is 72.8 Å². The maximum atomic E-state index is 12.2. The predicted octanol–water partition coefficient (Wildman–Crippen LogP) is 5.04. The first-order chi connectivity index (χ1) is 15.0. The Bertz CT molecular complexity index is 1100. The molecule has 1 aliphatic heterocycles. The number of rotatable bonds is 6. The minimum Gasteiger partial charge on any atom is -0.497 e. The zero-order valence-corrected chi connectivity index (χ0v) is 17.3. The van der Waals surface area contributed by atoms with E-state index < -0.39 is 10.5 Å². The van der Waals surface area contributed by atoms with Crippen molar-refractivity contribution in [1.82, 2.24) is 0 Å². The number of hydrogen-bond acceptors (Lipinski definition) is 5. The summed E-state index contributed by atoms with van der Waals surface area (Å²) in [6.07, 6.45) is 1.50. The van der Waals surface area contributed by atoms with Crippen molar-refractivity contribution >= 4 is 23.5 Å². The van der Waals surface area contributed by atoms with Crippen LogP contribution in [0.4, 0.5) is 17.1 Å². The number of carbonyl (C=O) groups is 1. The Kier molecular flexibility index (Phi) is 5.33. The highest BCUT2D eigenvalue weighted by atomic mass is 16.6. The van der Waals surface area contributed by atoms with Crippen LogP contribution in [-0.2, 0) is 10.3 Å². The SMILES string of the molecule is COc1ccc([C@]2(C)C[C@@H](Nc3ccc([N+](=O)[O-])cc3)c3ccccc3N2C=O)cc1. The summed E-state index contributed by atoms with van der Waals surface area (Å²) in [7, 11) is 1.62. The molecule has 1 aliphatic rings. The fourth-order valence-corrected chi connectivity index (χ4v) is 4.26. The molecule has 4 rings (SSSR count). The van der Waals surface area contributed by atoms with Crippen molar-refractivity contribution in [2.24, 2.45) is 0 Å². The molecule has 1 N–H and O–H groups in total.